The number of oxime groups is 1. The summed E-state index contributed by atoms with van der Waals surface area (Å²) in [4.78, 5) is 40.8. The van der Waals surface area contributed by atoms with E-state index in [1.807, 2.05) is 0 Å². The van der Waals surface area contributed by atoms with E-state index in [0.29, 0.717) is 16.5 Å². The predicted molar refractivity (Wildman–Crippen MR) is 109 cm³/mol. The Hall–Kier alpha value is -2.18. The molecule has 0 saturated carbocycles. The number of carbonyl (C=O) groups is 3. The quantitative estimate of drug-likeness (QED) is 0.0681. The number of carbonyl (C=O) groups excluding carboxylic acids is 3. The van der Waals surface area contributed by atoms with Crippen LogP contribution in [-0.4, -0.2) is 81.7 Å². The Morgan fingerprint density at radius 2 is 2.27 bits per heavy atom. The molecule has 2 amide bonds. The van der Waals surface area contributed by atoms with Crippen LogP contribution in [0.2, 0.25) is 0 Å². The van der Waals surface area contributed by atoms with Crippen molar-refractivity contribution in [3.8, 4) is 0 Å². The summed E-state index contributed by atoms with van der Waals surface area (Å²) in [6, 6.07) is -1.01. The van der Waals surface area contributed by atoms with Crippen molar-refractivity contribution in [1.29, 1.82) is 5.41 Å². The molecule has 18 heteroatoms. The molecule has 1 fully saturated rings. The maximum absolute atomic E-state index is 12.7. The Labute approximate surface area is 219 Å². The van der Waals surface area contributed by atoms with Crippen LogP contribution in [-0.2, 0) is 21.4 Å². The van der Waals surface area contributed by atoms with Gasteiger partial charge in [0.2, 0.25) is 5.16 Å². The van der Waals surface area contributed by atoms with Gasteiger partial charge in [-0.15, -0.1) is 28.2 Å². The Balaban J connectivity index is 0.00000306. The summed E-state index contributed by atoms with van der Waals surface area (Å²) in [6.07, 6.45) is 0. The number of aromatic amines is 1. The Bertz CT molecular complexity index is 1220. The number of β-lactam (4-membered cyclic amide) rings is 1. The first-order chi connectivity index (χ1) is 15.3. The molecule has 2 aromatic rings. The predicted octanol–water partition coefficient (Wildman–Crippen LogP) is -5.54. The van der Waals surface area contributed by atoms with Gasteiger partial charge in [-0.25, -0.2) is 4.68 Å². The standard InChI is InChI=1S/C15H15N9O5S3.Na/c1-23-15(19-21-22-23)32-3-5-2-30-12-8(11(26)24(12)9(5)13(27)28)18-10(25)7(20-29)6-4-31-14(16)17-6;/h4,8,12,29H,2-3H2,1H3,(H2,16,17)(H,18,25)(H,27,28);/q;+1/p-1/b20-7-;/t8?,12-;/m1./s1. The minimum Gasteiger partial charge on any atom is -0.543 e. The largest absolute Gasteiger partial charge is 1.00 e. The van der Waals surface area contributed by atoms with Crippen LogP contribution in [0, 0.1) is 5.41 Å². The molecule has 2 aliphatic rings. The number of hydrogen-bond donors (Lipinski definition) is 4. The molecule has 1 saturated heterocycles. The summed E-state index contributed by atoms with van der Waals surface area (Å²) >= 11 is 3.51. The summed E-state index contributed by atoms with van der Waals surface area (Å²) in [5.41, 5.74) is -0.0246. The minimum atomic E-state index is -1.49. The smallest absolute Gasteiger partial charge is 0.543 e. The summed E-state index contributed by atoms with van der Waals surface area (Å²) in [5, 5.41) is 46.2. The van der Waals surface area contributed by atoms with Crippen LogP contribution in [0.15, 0.2) is 27.0 Å². The number of amides is 2. The third-order valence-electron chi connectivity index (χ3n) is 4.60. The van der Waals surface area contributed by atoms with E-state index in [1.54, 1.807) is 7.05 Å². The van der Waals surface area contributed by atoms with E-state index in [4.69, 9.17) is 5.41 Å². The number of aromatic nitrogens is 5. The van der Waals surface area contributed by atoms with Gasteiger partial charge in [-0.1, -0.05) is 16.9 Å². The van der Waals surface area contributed by atoms with Crippen molar-refractivity contribution in [3.05, 3.63) is 27.1 Å². The maximum atomic E-state index is 12.7. The summed E-state index contributed by atoms with van der Waals surface area (Å²) < 4.78 is 1.44. The molecule has 2 atom stereocenters. The van der Waals surface area contributed by atoms with Crippen LogP contribution in [0.4, 0.5) is 0 Å². The number of carboxylic acids is 1. The average Bonchev–Trinajstić information content (AvgIpc) is 3.37. The van der Waals surface area contributed by atoms with Crippen molar-refractivity contribution >= 4 is 58.4 Å². The molecule has 33 heavy (non-hydrogen) atoms. The number of hydrogen-bond acceptors (Lipinski definition) is 13. The van der Waals surface area contributed by atoms with Crippen LogP contribution in [0.5, 0.6) is 0 Å². The molecule has 1 unspecified atom stereocenters. The second-order valence-electron chi connectivity index (χ2n) is 6.53. The molecule has 0 spiro atoms. The van der Waals surface area contributed by atoms with E-state index in [1.165, 1.54) is 33.6 Å². The van der Waals surface area contributed by atoms with Crippen LogP contribution >= 0.6 is 34.9 Å². The van der Waals surface area contributed by atoms with E-state index >= 15 is 0 Å². The normalized spacial score (nSPS) is 20.1. The van der Waals surface area contributed by atoms with Crippen molar-refractivity contribution in [2.75, 3.05) is 11.5 Å². The molecule has 0 aromatic carbocycles. The van der Waals surface area contributed by atoms with Crippen LogP contribution in [0.25, 0.3) is 0 Å². The number of tetrazole rings is 1. The molecule has 2 aromatic heterocycles. The Morgan fingerprint density at radius 1 is 1.52 bits per heavy atom. The molecule has 0 bridgehead atoms. The zero-order chi connectivity index (χ0) is 23.0. The maximum Gasteiger partial charge on any atom is 1.00 e. The fourth-order valence-corrected chi connectivity index (χ4v) is 6.03. The van der Waals surface area contributed by atoms with Gasteiger partial charge >= 0.3 is 29.6 Å². The number of aliphatic carboxylic acids is 1. The zero-order valence-electron chi connectivity index (χ0n) is 17.1. The molecule has 4 heterocycles. The number of rotatable bonds is 7. The van der Waals surface area contributed by atoms with Crippen molar-refractivity contribution in [1.82, 2.24) is 35.4 Å². The van der Waals surface area contributed by atoms with Gasteiger partial charge in [0.05, 0.1) is 17.4 Å². The Kier molecular flexibility index (Phi) is 8.01. The fourth-order valence-electron chi connectivity index (χ4n) is 3.12. The number of fused-ring (bicyclic) bond motifs is 1. The van der Waals surface area contributed by atoms with Crippen molar-refractivity contribution in [2.45, 2.75) is 16.6 Å². The van der Waals surface area contributed by atoms with Crippen LogP contribution in [0.3, 0.4) is 0 Å². The van der Waals surface area contributed by atoms with Crippen LogP contribution in [0.1, 0.15) is 5.69 Å². The van der Waals surface area contributed by atoms with Crippen molar-refractivity contribution < 1.29 is 54.3 Å². The number of nitrogens with one attached hydrogen (secondary N) is 3. The summed E-state index contributed by atoms with van der Waals surface area (Å²) in [5.74, 6) is -2.42. The molecule has 4 N–H and O–H groups in total. The monoisotopic (exact) mass is 519 g/mol. The average molecular weight is 520 g/mol. The number of aryl methyl sites for hydroxylation is 1. The number of carboxylic acid groups (broad SMARTS) is 1. The van der Waals surface area contributed by atoms with Gasteiger partial charge in [-0.05, 0) is 16.0 Å². The van der Waals surface area contributed by atoms with Crippen LogP contribution < -0.4 is 44.8 Å². The number of H-pyrrole nitrogens is 1. The topological polar surface area (TPSA) is 205 Å². The van der Waals surface area contributed by atoms with Gasteiger partial charge in [-0.3, -0.25) is 19.9 Å². The third-order valence-corrected chi connectivity index (χ3v) is 7.72. The molecule has 0 radical (unpaired) electrons. The van der Waals surface area contributed by atoms with Gasteiger partial charge in [-0.2, -0.15) is 0 Å². The zero-order valence-corrected chi connectivity index (χ0v) is 21.6. The van der Waals surface area contributed by atoms with Crippen molar-refractivity contribution in [2.24, 2.45) is 12.2 Å². The van der Waals surface area contributed by atoms with E-state index in [2.05, 4.69) is 31.0 Å². The first kappa shape index (κ1) is 25.4. The third kappa shape index (κ3) is 4.87. The van der Waals surface area contributed by atoms with Gasteiger partial charge < -0.3 is 25.4 Å². The number of thioether (sulfide) groups is 2. The first-order valence-electron chi connectivity index (χ1n) is 8.80. The first-order valence-corrected chi connectivity index (χ1v) is 11.7. The van der Waals surface area contributed by atoms with E-state index in [9.17, 15) is 24.7 Å². The molecular formula is C15H14N9NaO5S3. The summed E-state index contributed by atoms with van der Waals surface area (Å²) in [6.45, 7) is 0. The molecule has 14 nitrogen and oxygen atoms in total. The van der Waals surface area contributed by atoms with Gasteiger partial charge in [0, 0.05) is 23.9 Å². The number of nitrogens with zero attached hydrogens (tertiary/aromatic N) is 6. The second kappa shape index (κ2) is 10.4. The van der Waals surface area contributed by atoms with Crippen molar-refractivity contribution in [3.63, 3.8) is 0 Å². The molecule has 168 valence electrons. The minimum absolute atomic E-state index is 0. The van der Waals surface area contributed by atoms with E-state index < -0.39 is 34.9 Å². The molecule has 0 aliphatic carbocycles. The molecular weight excluding hydrogens is 505 g/mol. The fraction of sp³-hybridized carbons (Fsp3) is 0.333. The molecule has 2 aliphatic heterocycles. The van der Waals surface area contributed by atoms with E-state index in [-0.39, 0.29) is 51.5 Å². The van der Waals surface area contributed by atoms with E-state index in [0.717, 1.165) is 16.2 Å². The van der Waals surface area contributed by atoms with Gasteiger partial charge in [0.1, 0.15) is 11.4 Å². The second-order valence-corrected chi connectivity index (χ2v) is 9.45. The Morgan fingerprint density at radius 3 is 2.85 bits per heavy atom. The SMILES string of the molecule is Cn1nnnc1SCC1=C(C(=O)[O-])N2C(=O)C(NC(=O)/C(=N\O)c3csc(=N)[nH]3)[C@H]2SC1.[Na+]. The summed E-state index contributed by atoms with van der Waals surface area (Å²) in [7, 11) is 1.65. The number of thiazole rings is 1. The van der Waals surface area contributed by atoms with Gasteiger partial charge in [0.25, 0.3) is 11.8 Å². The van der Waals surface area contributed by atoms with Gasteiger partial charge in [0.15, 0.2) is 10.5 Å². The molecule has 4 rings (SSSR count).